The molecule has 7 nitrogen and oxygen atoms in total. The second kappa shape index (κ2) is 8.59. The minimum absolute atomic E-state index is 0.0232. The molecule has 0 unspecified atom stereocenters. The molecule has 0 heterocycles. The average Bonchev–Trinajstić information content (AvgIpc) is 2.55. The predicted molar refractivity (Wildman–Crippen MR) is 104 cm³/mol. The number of rotatable bonds is 5. The van der Waals surface area contributed by atoms with E-state index < -0.39 is 10.8 Å². The van der Waals surface area contributed by atoms with Crippen molar-refractivity contribution in [2.75, 3.05) is 11.9 Å². The molecule has 0 bridgehead atoms. The molecule has 0 spiro atoms. The van der Waals surface area contributed by atoms with Gasteiger partial charge in [0.15, 0.2) is 11.7 Å². The summed E-state index contributed by atoms with van der Waals surface area (Å²) in [5.74, 6) is 0.0814. The number of anilines is 1. The van der Waals surface area contributed by atoms with E-state index in [1.807, 2.05) is 6.92 Å². The molecule has 0 saturated carbocycles. The number of nitro benzene ring substituents is 1. The van der Waals surface area contributed by atoms with Crippen LogP contribution in [-0.4, -0.2) is 22.5 Å². The number of nitrogens with zero attached hydrogens (tertiary/aromatic N) is 1. The Morgan fingerprint density at radius 1 is 1.23 bits per heavy atom. The predicted octanol–water partition coefficient (Wildman–Crippen LogP) is 3.76. The summed E-state index contributed by atoms with van der Waals surface area (Å²) in [4.78, 5) is 22.3. The molecule has 0 saturated heterocycles. The number of amides is 1. The van der Waals surface area contributed by atoms with Crippen LogP contribution in [0.1, 0.15) is 11.1 Å². The quantitative estimate of drug-likeness (QED) is 0.456. The molecule has 26 heavy (non-hydrogen) atoms. The van der Waals surface area contributed by atoms with Gasteiger partial charge in [0.25, 0.3) is 11.6 Å². The van der Waals surface area contributed by atoms with Gasteiger partial charge in [0, 0.05) is 22.8 Å². The van der Waals surface area contributed by atoms with Crippen molar-refractivity contribution >= 4 is 46.2 Å². The van der Waals surface area contributed by atoms with Crippen LogP contribution >= 0.6 is 23.8 Å². The van der Waals surface area contributed by atoms with Gasteiger partial charge in [-0.05, 0) is 55.4 Å². The molecule has 0 aliphatic carbocycles. The van der Waals surface area contributed by atoms with Gasteiger partial charge >= 0.3 is 0 Å². The van der Waals surface area contributed by atoms with Gasteiger partial charge in [-0.25, -0.2) is 0 Å². The highest BCUT2D eigenvalue weighted by molar-refractivity contribution is 7.80. The molecule has 0 aliphatic heterocycles. The summed E-state index contributed by atoms with van der Waals surface area (Å²) in [6.45, 7) is 3.34. The fourth-order valence-corrected chi connectivity index (χ4v) is 2.54. The number of carbonyl (C=O) groups excluding carboxylic acids is 1. The minimum atomic E-state index is -0.505. The molecule has 136 valence electrons. The third-order valence-electron chi connectivity index (χ3n) is 3.43. The van der Waals surface area contributed by atoms with Crippen LogP contribution < -0.4 is 15.4 Å². The van der Waals surface area contributed by atoms with Crippen molar-refractivity contribution in [1.82, 2.24) is 5.32 Å². The van der Waals surface area contributed by atoms with Gasteiger partial charge in [-0.1, -0.05) is 17.7 Å². The summed E-state index contributed by atoms with van der Waals surface area (Å²) in [6, 6.07) is 9.40. The highest BCUT2D eigenvalue weighted by Crippen LogP contribution is 2.22. The van der Waals surface area contributed by atoms with Gasteiger partial charge in [-0.15, -0.1) is 0 Å². The van der Waals surface area contributed by atoms with Crippen molar-refractivity contribution in [2.24, 2.45) is 0 Å². The third-order valence-corrected chi connectivity index (χ3v) is 3.87. The van der Waals surface area contributed by atoms with Crippen LogP contribution in [-0.2, 0) is 4.79 Å². The highest BCUT2D eigenvalue weighted by atomic mass is 35.5. The molecule has 2 N–H and O–H groups in total. The number of halogens is 1. The lowest BCUT2D eigenvalue weighted by Crippen LogP contribution is -2.37. The van der Waals surface area contributed by atoms with Crippen LogP contribution in [0.2, 0.25) is 5.02 Å². The number of carbonyl (C=O) groups is 1. The lowest BCUT2D eigenvalue weighted by atomic mass is 10.2. The average molecular weight is 394 g/mol. The van der Waals surface area contributed by atoms with Gasteiger partial charge in [0.1, 0.15) is 5.75 Å². The first-order valence-corrected chi connectivity index (χ1v) is 8.29. The monoisotopic (exact) mass is 393 g/mol. The Balaban J connectivity index is 1.92. The van der Waals surface area contributed by atoms with E-state index in [0.717, 1.165) is 11.1 Å². The van der Waals surface area contributed by atoms with E-state index in [-0.39, 0.29) is 17.4 Å². The summed E-state index contributed by atoms with van der Waals surface area (Å²) < 4.78 is 5.43. The number of non-ortho nitro benzene ring substituents is 1. The van der Waals surface area contributed by atoms with Crippen LogP contribution in [0.25, 0.3) is 0 Å². The zero-order valence-corrected chi connectivity index (χ0v) is 15.6. The van der Waals surface area contributed by atoms with Gasteiger partial charge in [0.05, 0.1) is 4.92 Å². The summed E-state index contributed by atoms with van der Waals surface area (Å²) in [6.07, 6.45) is 0. The smallest absolute Gasteiger partial charge is 0.271 e. The summed E-state index contributed by atoms with van der Waals surface area (Å²) in [5.41, 5.74) is 1.92. The standard InChI is InChI=1S/C17H16ClN3O4S/c1-10-3-5-13(21(23)24)8-14(10)19-17(26)20-16(22)9-25-15-6-4-12(18)7-11(15)2/h3-8H,9H2,1-2H3,(H2,19,20,22,26). The number of nitro groups is 1. The summed E-state index contributed by atoms with van der Waals surface area (Å²) >= 11 is 10.9. The van der Waals surface area contributed by atoms with Crippen molar-refractivity contribution in [1.29, 1.82) is 0 Å². The maximum atomic E-state index is 12.0. The van der Waals surface area contributed by atoms with Crippen LogP contribution in [0, 0.1) is 24.0 Å². The number of benzene rings is 2. The molecule has 0 aliphatic rings. The zero-order valence-electron chi connectivity index (χ0n) is 14.0. The highest BCUT2D eigenvalue weighted by Gasteiger charge is 2.12. The van der Waals surface area contributed by atoms with E-state index in [2.05, 4.69) is 10.6 Å². The third kappa shape index (κ3) is 5.40. The van der Waals surface area contributed by atoms with E-state index in [1.54, 1.807) is 31.2 Å². The van der Waals surface area contributed by atoms with Gasteiger partial charge in [0.2, 0.25) is 0 Å². The molecule has 0 radical (unpaired) electrons. The first kappa shape index (κ1) is 19.6. The number of ether oxygens (including phenoxy) is 1. The first-order chi connectivity index (χ1) is 12.3. The Bertz CT molecular complexity index is 873. The zero-order chi connectivity index (χ0) is 19.3. The fourth-order valence-electron chi connectivity index (χ4n) is 2.09. The Morgan fingerprint density at radius 3 is 2.62 bits per heavy atom. The summed E-state index contributed by atoms with van der Waals surface area (Å²) in [5, 5.41) is 16.7. The van der Waals surface area contributed by atoms with Crippen molar-refractivity contribution in [3.63, 3.8) is 0 Å². The number of aryl methyl sites for hydroxylation is 2. The van der Waals surface area contributed by atoms with Crippen molar-refractivity contribution < 1.29 is 14.5 Å². The first-order valence-electron chi connectivity index (χ1n) is 7.51. The van der Waals surface area contributed by atoms with Crippen molar-refractivity contribution in [2.45, 2.75) is 13.8 Å². The van der Waals surface area contributed by atoms with E-state index in [1.165, 1.54) is 12.1 Å². The molecule has 0 fully saturated rings. The number of hydrogen-bond acceptors (Lipinski definition) is 5. The van der Waals surface area contributed by atoms with Crippen LogP contribution in [0.3, 0.4) is 0 Å². The van der Waals surface area contributed by atoms with E-state index >= 15 is 0 Å². The Kier molecular flexibility index (Phi) is 6.48. The van der Waals surface area contributed by atoms with E-state index in [0.29, 0.717) is 16.5 Å². The second-order valence-corrected chi connectivity index (χ2v) is 6.30. The molecular weight excluding hydrogens is 378 g/mol. The normalized spacial score (nSPS) is 10.1. The number of nitrogens with one attached hydrogen (secondary N) is 2. The SMILES string of the molecule is Cc1ccc([N+](=O)[O-])cc1NC(=S)NC(=O)COc1ccc(Cl)cc1C. The van der Waals surface area contributed by atoms with Crippen LogP contribution in [0.5, 0.6) is 5.75 Å². The Morgan fingerprint density at radius 2 is 1.96 bits per heavy atom. The molecule has 2 aromatic carbocycles. The fraction of sp³-hybridized carbons (Fsp3) is 0.176. The van der Waals surface area contributed by atoms with Crippen molar-refractivity contribution in [3.05, 3.63) is 62.7 Å². The topological polar surface area (TPSA) is 93.5 Å². The number of hydrogen-bond donors (Lipinski definition) is 2. The molecule has 1 amide bonds. The number of thiocarbonyl (C=S) groups is 1. The van der Waals surface area contributed by atoms with Crippen LogP contribution in [0.15, 0.2) is 36.4 Å². The van der Waals surface area contributed by atoms with Crippen molar-refractivity contribution in [3.8, 4) is 5.75 Å². The molecule has 0 atom stereocenters. The Labute approximate surface area is 160 Å². The Hall–Kier alpha value is -2.71. The molecule has 0 aromatic heterocycles. The van der Waals surface area contributed by atoms with E-state index in [4.69, 9.17) is 28.6 Å². The lowest BCUT2D eigenvalue weighted by Gasteiger charge is -2.13. The van der Waals surface area contributed by atoms with Gasteiger partial charge in [-0.3, -0.25) is 20.2 Å². The van der Waals surface area contributed by atoms with E-state index in [9.17, 15) is 14.9 Å². The maximum absolute atomic E-state index is 12.0. The van der Waals surface area contributed by atoms with Gasteiger partial charge in [-0.2, -0.15) is 0 Å². The minimum Gasteiger partial charge on any atom is -0.483 e. The molecule has 2 rings (SSSR count). The van der Waals surface area contributed by atoms with Gasteiger partial charge < -0.3 is 10.1 Å². The molecule has 9 heteroatoms. The lowest BCUT2D eigenvalue weighted by molar-refractivity contribution is -0.384. The maximum Gasteiger partial charge on any atom is 0.271 e. The molecule has 2 aromatic rings. The second-order valence-electron chi connectivity index (χ2n) is 5.46. The summed E-state index contributed by atoms with van der Waals surface area (Å²) in [7, 11) is 0. The largest absolute Gasteiger partial charge is 0.483 e. The van der Waals surface area contributed by atoms with Crippen LogP contribution in [0.4, 0.5) is 11.4 Å². The molecular formula is C17H16ClN3O4S.